The highest BCUT2D eigenvalue weighted by molar-refractivity contribution is 6.07. The average Bonchev–Trinajstić information content (AvgIpc) is 3.19. The van der Waals surface area contributed by atoms with Gasteiger partial charge in [-0.15, -0.1) is 5.10 Å². The highest BCUT2D eigenvalue weighted by Crippen LogP contribution is 2.36. The van der Waals surface area contributed by atoms with Crippen molar-refractivity contribution in [3.05, 3.63) is 41.7 Å². The second-order valence-electron chi connectivity index (χ2n) is 5.35. The second kappa shape index (κ2) is 5.05. The Kier molecular flexibility index (Phi) is 3.09. The lowest BCUT2D eigenvalue weighted by atomic mass is 10.0. The van der Waals surface area contributed by atoms with Crippen LogP contribution < -0.4 is 0 Å². The van der Waals surface area contributed by atoms with Gasteiger partial charge in [-0.05, 0) is 18.6 Å². The summed E-state index contributed by atoms with van der Waals surface area (Å²) in [5.74, 6) is 0.450. The lowest BCUT2D eigenvalue weighted by molar-refractivity contribution is -0.137. The number of fused-ring (bicyclic) bond motifs is 3. The monoisotopic (exact) mass is 332 g/mol. The molecule has 0 aliphatic carbocycles. The first-order chi connectivity index (χ1) is 11.5. The largest absolute Gasteiger partial charge is 0.416 e. The Hall–Kier alpha value is -2.90. The first-order valence-electron chi connectivity index (χ1n) is 7.27. The lowest BCUT2D eigenvalue weighted by Gasteiger charge is -2.07. The lowest BCUT2D eigenvalue weighted by Crippen LogP contribution is -2.03. The third kappa shape index (κ3) is 2.14. The van der Waals surface area contributed by atoms with Gasteiger partial charge in [0.25, 0.3) is 0 Å². The van der Waals surface area contributed by atoms with E-state index in [1.165, 1.54) is 12.1 Å². The van der Waals surface area contributed by atoms with Crippen molar-refractivity contribution in [2.24, 2.45) is 0 Å². The number of aryl methyl sites for hydroxylation is 1. The van der Waals surface area contributed by atoms with Crippen LogP contribution in [-0.2, 0) is 12.6 Å². The second-order valence-corrected chi connectivity index (χ2v) is 5.35. The van der Waals surface area contributed by atoms with Gasteiger partial charge in [0.2, 0.25) is 0 Å². The summed E-state index contributed by atoms with van der Waals surface area (Å²) in [6.45, 7) is 1.94. The van der Waals surface area contributed by atoms with E-state index in [1.807, 2.05) is 6.92 Å². The first kappa shape index (κ1) is 14.7. The van der Waals surface area contributed by atoms with Gasteiger partial charge in [0.1, 0.15) is 0 Å². The number of hydrogen-bond acceptors (Lipinski definition) is 4. The van der Waals surface area contributed by atoms with Crippen molar-refractivity contribution in [2.45, 2.75) is 19.5 Å². The molecule has 0 unspecified atom stereocenters. The molecule has 0 aliphatic heterocycles. The maximum Gasteiger partial charge on any atom is 0.416 e. The van der Waals surface area contributed by atoms with Crippen molar-refractivity contribution in [1.29, 1.82) is 0 Å². The maximum absolute atomic E-state index is 12.7. The Morgan fingerprint density at radius 3 is 2.58 bits per heavy atom. The summed E-state index contributed by atoms with van der Waals surface area (Å²) in [5.41, 5.74) is 1.79. The van der Waals surface area contributed by atoms with E-state index in [1.54, 1.807) is 6.20 Å². The van der Waals surface area contributed by atoms with E-state index < -0.39 is 11.7 Å². The van der Waals surface area contributed by atoms with E-state index >= 15 is 0 Å². The standard InChI is InChI=1S/C16H11F3N4O/c1-2-11-12-13(10-7-20-22-15(10)21-11)23-24-14(12)8-3-5-9(6-4-8)16(17,18)19/h3-7,23H,2H2,1H3. The smallest absolute Gasteiger partial charge is 0.381 e. The molecule has 3 aromatic heterocycles. The van der Waals surface area contributed by atoms with Crippen molar-refractivity contribution in [3.8, 4) is 11.3 Å². The summed E-state index contributed by atoms with van der Waals surface area (Å²) in [7, 11) is 0. The quantitative estimate of drug-likeness (QED) is 0.593. The molecule has 8 heteroatoms. The van der Waals surface area contributed by atoms with Gasteiger partial charge < -0.3 is 4.52 Å². The molecule has 4 aromatic rings. The average molecular weight is 332 g/mol. The highest BCUT2D eigenvalue weighted by atomic mass is 19.4. The van der Waals surface area contributed by atoms with Crippen molar-refractivity contribution in [2.75, 3.05) is 0 Å². The molecule has 3 heterocycles. The number of rotatable bonds is 2. The Morgan fingerprint density at radius 1 is 1.17 bits per heavy atom. The summed E-state index contributed by atoms with van der Waals surface area (Å²) in [5, 5.41) is 12.1. The van der Waals surface area contributed by atoms with Crippen LogP contribution in [-0.4, -0.2) is 20.3 Å². The van der Waals surface area contributed by atoms with E-state index in [0.29, 0.717) is 34.3 Å². The van der Waals surface area contributed by atoms with Gasteiger partial charge in [-0.3, -0.25) is 0 Å². The number of aromatic amines is 1. The van der Waals surface area contributed by atoms with Gasteiger partial charge in [0.15, 0.2) is 11.4 Å². The Balaban J connectivity index is 1.94. The van der Waals surface area contributed by atoms with Crippen molar-refractivity contribution in [1.82, 2.24) is 20.3 Å². The van der Waals surface area contributed by atoms with E-state index in [0.717, 1.165) is 23.2 Å². The summed E-state index contributed by atoms with van der Waals surface area (Å²) in [4.78, 5) is 4.46. The Bertz CT molecular complexity index is 1030. The van der Waals surface area contributed by atoms with Gasteiger partial charge in [0, 0.05) is 5.56 Å². The van der Waals surface area contributed by atoms with Gasteiger partial charge in [-0.25, -0.2) is 10.1 Å². The van der Waals surface area contributed by atoms with Crippen LogP contribution in [0.1, 0.15) is 18.2 Å². The number of nitrogens with one attached hydrogen (secondary N) is 1. The number of pyridine rings is 1. The van der Waals surface area contributed by atoms with Gasteiger partial charge in [0.05, 0.1) is 33.7 Å². The highest BCUT2D eigenvalue weighted by Gasteiger charge is 2.30. The molecule has 0 spiro atoms. The van der Waals surface area contributed by atoms with Gasteiger partial charge in [-0.1, -0.05) is 19.1 Å². The SMILES string of the molecule is CCc1nc2nncc2c2[nH]oc(-c3ccc(C(F)(F)F)cc3)c12. The number of hydrogen-bond donors (Lipinski definition) is 1. The Labute approximate surface area is 133 Å². The third-order valence-electron chi connectivity index (χ3n) is 3.92. The minimum atomic E-state index is -4.37. The summed E-state index contributed by atoms with van der Waals surface area (Å²) < 4.78 is 43.7. The zero-order chi connectivity index (χ0) is 16.9. The minimum absolute atomic E-state index is 0.450. The van der Waals surface area contributed by atoms with E-state index in [4.69, 9.17) is 4.52 Å². The van der Waals surface area contributed by atoms with Crippen molar-refractivity contribution in [3.63, 3.8) is 0 Å². The molecule has 5 nitrogen and oxygen atoms in total. The first-order valence-corrected chi connectivity index (χ1v) is 7.27. The van der Waals surface area contributed by atoms with Gasteiger partial charge in [-0.2, -0.15) is 18.3 Å². The molecule has 122 valence electrons. The van der Waals surface area contributed by atoms with Crippen LogP contribution in [0.3, 0.4) is 0 Å². The molecule has 0 saturated carbocycles. The van der Waals surface area contributed by atoms with Crippen LogP contribution in [0.5, 0.6) is 0 Å². The number of benzene rings is 1. The Morgan fingerprint density at radius 2 is 1.92 bits per heavy atom. The topological polar surface area (TPSA) is 67.6 Å². The predicted octanol–water partition coefficient (Wildman–Crippen LogP) is 4.35. The van der Waals surface area contributed by atoms with Crippen LogP contribution in [0.25, 0.3) is 33.3 Å². The number of H-pyrrole nitrogens is 1. The number of aromatic nitrogens is 4. The van der Waals surface area contributed by atoms with Crippen molar-refractivity contribution < 1.29 is 17.7 Å². The van der Waals surface area contributed by atoms with Crippen LogP contribution in [0.4, 0.5) is 13.2 Å². The molecule has 0 fully saturated rings. The van der Waals surface area contributed by atoms with Crippen LogP contribution in [0.2, 0.25) is 0 Å². The maximum atomic E-state index is 12.7. The molecule has 0 bridgehead atoms. The number of halogens is 3. The fraction of sp³-hybridized carbons (Fsp3) is 0.188. The predicted molar refractivity (Wildman–Crippen MR) is 81.3 cm³/mol. The van der Waals surface area contributed by atoms with Crippen LogP contribution in [0, 0.1) is 0 Å². The summed E-state index contributed by atoms with van der Waals surface area (Å²) in [6.07, 6.45) is -2.17. The summed E-state index contributed by atoms with van der Waals surface area (Å²) in [6, 6.07) is 4.85. The molecule has 0 amide bonds. The van der Waals surface area contributed by atoms with Crippen LogP contribution in [0.15, 0.2) is 35.0 Å². The molecule has 4 rings (SSSR count). The van der Waals surface area contributed by atoms with E-state index in [9.17, 15) is 13.2 Å². The molecular weight excluding hydrogens is 321 g/mol. The normalized spacial score (nSPS) is 12.3. The fourth-order valence-electron chi connectivity index (χ4n) is 2.75. The number of alkyl halides is 3. The molecule has 24 heavy (non-hydrogen) atoms. The van der Waals surface area contributed by atoms with E-state index in [2.05, 4.69) is 20.3 Å². The molecule has 0 saturated heterocycles. The molecule has 1 aromatic carbocycles. The molecule has 0 radical (unpaired) electrons. The molecule has 0 aliphatic rings. The zero-order valence-corrected chi connectivity index (χ0v) is 12.5. The van der Waals surface area contributed by atoms with Crippen molar-refractivity contribution >= 4 is 21.9 Å². The zero-order valence-electron chi connectivity index (χ0n) is 12.5. The molecule has 1 N–H and O–H groups in total. The van der Waals surface area contributed by atoms with E-state index in [-0.39, 0.29) is 0 Å². The van der Waals surface area contributed by atoms with Gasteiger partial charge >= 0.3 is 6.18 Å². The fourth-order valence-corrected chi connectivity index (χ4v) is 2.75. The summed E-state index contributed by atoms with van der Waals surface area (Å²) >= 11 is 0. The third-order valence-corrected chi connectivity index (χ3v) is 3.92. The molecular formula is C16H11F3N4O. The number of nitrogens with zero attached hydrogens (tertiary/aromatic N) is 3. The molecule has 0 atom stereocenters. The minimum Gasteiger partial charge on any atom is -0.381 e. The van der Waals surface area contributed by atoms with Crippen LogP contribution >= 0.6 is 0 Å².